The minimum Gasteiger partial charge on any atom is -0.441 e. The lowest BCUT2D eigenvalue weighted by Crippen LogP contribution is -2.39. The van der Waals surface area contributed by atoms with Crippen LogP contribution in [-0.4, -0.2) is 40.0 Å². The number of nitrogens with one attached hydrogen (secondary N) is 1. The van der Waals surface area contributed by atoms with Crippen LogP contribution in [0, 0.1) is 23.5 Å². The summed E-state index contributed by atoms with van der Waals surface area (Å²) in [6, 6.07) is 9.70. The summed E-state index contributed by atoms with van der Waals surface area (Å²) >= 11 is 0. The lowest BCUT2D eigenvalue weighted by molar-refractivity contribution is 0.0148. The predicted octanol–water partition coefficient (Wildman–Crippen LogP) is 5.38. The van der Waals surface area contributed by atoms with Crippen LogP contribution in [0.4, 0.5) is 29.5 Å². The Hall–Kier alpha value is -3.40. The lowest BCUT2D eigenvalue weighted by Gasteiger charge is -2.35. The van der Waals surface area contributed by atoms with Gasteiger partial charge >= 0.3 is 6.09 Å². The van der Waals surface area contributed by atoms with E-state index in [0.29, 0.717) is 48.9 Å². The fourth-order valence-electron chi connectivity index (χ4n) is 4.59. The van der Waals surface area contributed by atoms with Gasteiger partial charge in [0.05, 0.1) is 12.2 Å². The van der Waals surface area contributed by atoms with Gasteiger partial charge in [-0.25, -0.2) is 18.6 Å². The van der Waals surface area contributed by atoms with Crippen molar-refractivity contribution in [2.45, 2.75) is 31.3 Å². The zero-order valence-electron chi connectivity index (χ0n) is 18.6. The molecule has 1 aromatic carbocycles. The Bertz CT molecular complexity index is 1190. The van der Waals surface area contributed by atoms with Gasteiger partial charge in [-0.15, -0.1) is 22.6 Å². The molecular weight excluding hydrogens is 483 g/mol. The van der Waals surface area contributed by atoms with Crippen molar-refractivity contribution < 1.29 is 22.7 Å². The van der Waals surface area contributed by atoms with Gasteiger partial charge in [0.25, 0.3) is 0 Å². The van der Waals surface area contributed by atoms with E-state index in [2.05, 4.69) is 20.5 Å². The second-order valence-electron chi connectivity index (χ2n) is 8.74. The summed E-state index contributed by atoms with van der Waals surface area (Å²) in [5.41, 5.74) is 0.218. The maximum atomic E-state index is 14.0. The summed E-state index contributed by atoms with van der Waals surface area (Å²) in [7, 11) is 0. The van der Waals surface area contributed by atoms with E-state index >= 15 is 0 Å². The number of rotatable bonds is 5. The van der Waals surface area contributed by atoms with Crippen molar-refractivity contribution in [3.05, 3.63) is 66.2 Å². The zero-order chi connectivity index (χ0) is 23.7. The molecule has 0 atom stereocenters. The maximum Gasteiger partial charge on any atom is 0.415 e. The summed E-state index contributed by atoms with van der Waals surface area (Å²) in [4.78, 5) is 17.3. The van der Waals surface area contributed by atoms with Crippen LogP contribution in [0.2, 0.25) is 0 Å². The number of pyridine rings is 1. The van der Waals surface area contributed by atoms with Gasteiger partial charge in [0.2, 0.25) is 5.95 Å². The third-order valence-electron chi connectivity index (χ3n) is 6.41. The highest BCUT2D eigenvalue weighted by Crippen LogP contribution is 2.41. The van der Waals surface area contributed by atoms with E-state index < -0.39 is 29.3 Å². The lowest BCUT2D eigenvalue weighted by atomic mass is 9.78. The van der Waals surface area contributed by atoms with Crippen LogP contribution >= 0.6 is 12.4 Å². The van der Waals surface area contributed by atoms with E-state index in [4.69, 9.17) is 4.74 Å². The average molecular weight is 506 g/mol. The molecule has 1 aliphatic heterocycles. The van der Waals surface area contributed by atoms with Crippen molar-refractivity contribution in [2.24, 2.45) is 5.92 Å². The largest absolute Gasteiger partial charge is 0.441 e. The molecule has 1 spiro atoms. The van der Waals surface area contributed by atoms with Crippen LogP contribution in [-0.2, 0) is 4.74 Å². The second-order valence-corrected chi connectivity index (χ2v) is 8.74. The predicted molar refractivity (Wildman–Crippen MR) is 126 cm³/mol. The Kier molecular flexibility index (Phi) is 7.11. The first-order valence-corrected chi connectivity index (χ1v) is 11.1. The van der Waals surface area contributed by atoms with E-state index in [1.807, 2.05) is 0 Å². The Labute approximate surface area is 206 Å². The van der Waals surface area contributed by atoms with Crippen molar-refractivity contribution in [3.63, 3.8) is 0 Å². The summed E-state index contributed by atoms with van der Waals surface area (Å²) < 4.78 is 46.6. The average Bonchev–Trinajstić information content (AvgIpc) is 3.14. The molecule has 3 aromatic rings. The Morgan fingerprint density at radius 2 is 1.80 bits per heavy atom. The van der Waals surface area contributed by atoms with Crippen molar-refractivity contribution in [3.8, 4) is 11.3 Å². The van der Waals surface area contributed by atoms with Gasteiger partial charge in [-0.05, 0) is 68.0 Å². The van der Waals surface area contributed by atoms with Crippen LogP contribution < -0.4 is 10.2 Å². The standard InChI is InChI=1S/C24H22F3N5O2.ClH/c25-17-10-16(11-18(26)12-17)19-3-4-21(31-30-19)29-13-15-5-7-24(8-6-15)14-32(23(33)34-24)20-2-1-9-28-22(20)27;/h1-4,9-12,15H,5-8,13-14H2,(H,29,31);1H. The molecule has 2 aromatic heterocycles. The summed E-state index contributed by atoms with van der Waals surface area (Å²) in [5.74, 6) is -1.13. The molecule has 184 valence electrons. The van der Waals surface area contributed by atoms with Crippen molar-refractivity contribution in [1.29, 1.82) is 0 Å². The van der Waals surface area contributed by atoms with Gasteiger partial charge in [0.1, 0.15) is 28.7 Å². The normalized spacial score (nSPS) is 21.5. The number of carbonyl (C=O) groups excluding carboxylic acids is 1. The molecule has 3 heterocycles. The molecule has 2 aliphatic rings. The first-order chi connectivity index (χ1) is 16.4. The minimum absolute atomic E-state index is 0. The van der Waals surface area contributed by atoms with Crippen LogP contribution in [0.5, 0.6) is 0 Å². The third kappa shape index (κ3) is 5.32. The number of ether oxygens (including phenoxy) is 1. The van der Waals surface area contributed by atoms with E-state index in [-0.39, 0.29) is 18.1 Å². The monoisotopic (exact) mass is 505 g/mol. The number of anilines is 2. The highest BCUT2D eigenvalue weighted by Gasteiger charge is 2.48. The number of hydrogen-bond donors (Lipinski definition) is 1. The van der Waals surface area contributed by atoms with E-state index in [1.54, 1.807) is 18.2 Å². The third-order valence-corrected chi connectivity index (χ3v) is 6.41. The molecule has 1 amide bonds. The van der Waals surface area contributed by atoms with E-state index in [1.165, 1.54) is 29.3 Å². The van der Waals surface area contributed by atoms with Crippen LogP contribution in [0.3, 0.4) is 0 Å². The molecule has 1 aliphatic carbocycles. The first-order valence-electron chi connectivity index (χ1n) is 11.1. The molecule has 0 bridgehead atoms. The number of carbonyl (C=O) groups is 1. The molecule has 1 saturated carbocycles. The SMILES string of the molecule is Cl.O=C1OC2(CCC(CNc3ccc(-c4cc(F)cc(F)c4)nn3)CC2)CN1c1cccnc1F. The van der Waals surface area contributed by atoms with Crippen LogP contribution in [0.1, 0.15) is 25.7 Å². The number of aromatic nitrogens is 3. The summed E-state index contributed by atoms with van der Waals surface area (Å²) in [5, 5.41) is 11.4. The molecule has 1 N–H and O–H groups in total. The molecule has 7 nitrogen and oxygen atoms in total. The van der Waals surface area contributed by atoms with Gasteiger partial charge < -0.3 is 10.1 Å². The highest BCUT2D eigenvalue weighted by atomic mass is 35.5. The number of amides is 1. The molecule has 35 heavy (non-hydrogen) atoms. The molecule has 1 saturated heterocycles. The Morgan fingerprint density at radius 1 is 1.06 bits per heavy atom. The fraction of sp³-hybridized carbons (Fsp3) is 0.333. The van der Waals surface area contributed by atoms with E-state index in [0.717, 1.165) is 18.9 Å². The fourth-order valence-corrected chi connectivity index (χ4v) is 4.59. The zero-order valence-corrected chi connectivity index (χ0v) is 19.4. The van der Waals surface area contributed by atoms with E-state index in [9.17, 15) is 18.0 Å². The molecule has 2 fully saturated rings. The van der Waals surface area contributed by atoms with Crippen LogP contribution in [0.25, 0.3) is 11.3 Å². The second kappa shape index (κ2) is 10.1. The van der Waals surface area contributed by atoms with Crippen LogP contribution in [0.15, 0.2) is 48.7 Å². The molecule has 11 heteroatoms. The molecule has 0 radical (unpaired) electrons. The Morgan fingerprint density at radius 3 is 2.46 bits per heavy atom. The molecular formula is C24H23ClF3N5O2. The Balaban J connectivity index is 0.00000289. The van der Waals surface area contributed by atoms with Gasteiger partial charge in [-0.1, -0.05) is 0 Å². The van der Waals surface area contributed by atoms with Crippen molar-refractivity contribution >= 4 is 30.0 Å². The van der Waals surface area contributed by atoms with Crippen molar-refractivity contribution in [1.82, 2.24) is 15.2 Å². The smallest absolute Gasteiger partial charge is 0.415 e. The minimum atomic E-state index is -0.691. The number of nitrogens with zero attached hydrogens (tertiary/aromatic N) is 4. The number of benzene rings is 1. The first kappa shape index (κ1) is 24.7. The van der Waals surface area contributed by atoms with Gasteiger partial charge in [0, 0.05) is 24.4 Å². The molecule has 0 unspecified atom stereocenters. The summed E-state index contributed by atoms with van der Waals surface area (Å²) in [6.45, 7) is 0.968. The number of hydrogen-bond acceptors (Lipinski definition) is 6. The summed E-state index contributed by atoms with van der Waals surface area (Å²) in [6.07, 6.45) is 3.82. The van der Waals surface area contributed by atoms with Crippen molar-refractivity contribution in [2.75, 3.05) is 23.3 Å². The quantitative estimate of drug-likeness (QED) is 0.469. The van der Waals surface area contributed by atoms with Gasteiger partial charge in [0.15, 0.2) is 0 Å². The highest BCUT2D eigenvalue weighted by molar-refractivity contribution is 5.90. The van der Waals surface area contributed by atoms with Gasteiger partial charge in [-0.2, -0.15) is 4.39 Å². The number of halogens is 4. The molecule has 5 rings (SSSR count). The topological polar surface area (TPSA) is 80.2 Å². The maximum absolute atomic E-state index is 14.0. The van der Waals surface area contributed by atoms with Gasteiger partial charge in [-0.3, -0.25) is 4.90 Å².